The Morgan fingerprint density at radius 1 is 1.47 bits per heavy atom. The van der Waals surface area contributed by atoms with E-state index in [1.165, 1.54) is 12.3 Å². The van der Waals surface area contributed by atoms with Gasteiger partial charge < -0.3 is 0 Å². The summed E-state index contributed by atoms with van der Waals surface area (Å²) in [5.41, 5.74) is 0.266. The van der Waals surface area contributed by atoms with Crippen molar-refractivity contribution in [1.82, 2.24) is 9.78 Å². The van der Waals surface area contributed by atoms with Crippen molar-refractivity contribution < 1.29 is 18.0 Å². The number of carbonyl (C=O) groups is 1. The van der Waals surface area contributed by atoms with Crippen LogP contribution in [0.15, 0.2) is 12.3 Å². The maximum absolute atomic E-state index is 12.1. The van der Waals surface area contributed by atoms with Crippen LogP contribution in [-0.2, 0) is 6.54 Å². The Morgan fingerprint density at radius 3 is 2.76 bits per heavy atom. The summed E-state index contributed by atoms with van der Waals surface area (Å²) >= 11 is 0. The fourth-order valence-corrected chi connectivity index (χ4v) is 1.45. The smallest absolute Gasteiger partial charge is 0.292 e. The van der Waals surface area contributed by atoms with Crippen LogP contribution in [0.5, 0.6) is 0 Å². The lowest BCUT2D eigenvalue weighted by Crippen LogP contribution is -2.16. The number of nitrogens with zero attached hydrogens (tertiary/aromatic N) is 2. The van der Waals surface area contributed by atoms with Crippen LogP contribution < -0.4 is 0 Å². The molecule has 0 bridgehead atoms. The summed E-state index contributed by atoms with van der Waals surface area (Å²) in [4.78, 5) is 11.7. The average Bonchev–Trinajstić information content (AvgIpc) is 2.70. The van der Waals surface area contributed by atoms with Gasteiger partial charge >= 0.3 is 6.18 Å². The third kappa shape index (κ3) is 4.58. The molecule has 1 aromatic heterocycles. The van der Waals surface area contributed by atoms with Crippen LogP contribution in [0.2, 0.25) is 0 Å². The molecule has 0 saturated carbocycles. The first kappa shape index (κ1) is 13.7. The van der Waals surface area contributed by atoms with Gasteiger partial charge in [-0.3, -0.25) is 9.48 Å². The number of Topliss-reactive ketones (excluding diaryl/α,β-unsaturated/α-hetero) is 1. The highest BCUT2D eigenvalue weighted by Gasteiger charge is 2.27. The topological polar surface area (TPSA) is 34.9 Å². The van der Waals surface area contributed by atoms with Gasteiger partial charge in [0.25, 0.3) is 0 Å². The number of hydrogen-bond donors (Lipinski definition) is 0. The zero-order valence-corrected chi connectivity index (χ0v) is 9.63. The molecule has 0 fully saturated rings. The summed E-state index contributed by atoms with van der Waals surface area (Å²) in [5.74, 6) is -0.147. The molecule has 0 aromatic carbocycles. The second-order valence-electron chi connectivity index (χ2n) is 3.83. The molecule has 96 valence electrons. The maximum atomic E-state index is 12.1. The van der Waals surface area contributed by atoms with Gasteiger partial charge in [0.05, 0.1) is 13.0 Å². The van der Waals surface area contributed by atoms with Crippen molar-refractivity contribution in [3.05, 3.63) is 18.0 Å². The highest BCUT2D eigenvalue weighted by Crippen LogP contribution is 2.20. The second-order valence-corrected chi connectivity index (χ2v) is 3.83. The number of ketones is 1. The van der Waals surface area contributed by atoms with E-state index in [9.17, 15) is 18.0 Å². The normalized spacial score (nSPS) is 11.8. The largest absolute Gasteiger partial charge is 0.390 e. The number of hydrogen-bond acceptors (Lipinski definition) is 2. The van der Waals surface area contributed by atoms with Crippen LogP contribution in [0.3, 0.4) is 0 Å². The van der Waals surface area contributed by atoms with Gasteiger partial charge in [-0.15, -0.1) is 0 Å². The molecule has 0 aliphatic heterocycles. The molecule has 0 spiro atoms. The van der Waals surface area contributed by atoms with Gasteiger partial charge in [-0.25, -0.2) is 0 Å². The minimum Gasteiger partial charge on any atom is -0.292 e. The first-order chi connectivity index (χ1) is 7.94. The Morgan fingerprint density at radius 2 is 2.18 bits per heavy atom. The molecule has 0 saturated heterocycles. The maximum Gasteiger partial charge on any atom is 0.390 e. The van der Waals surface area contributed by atoms with E-state index in [2.05, 4.69) is 5.10 Å². The van der Waals surface area contributed by atoms with Crippen molar-refractivity contribution in [2.75, 3.05) is 0 Å². The molecule has 0 aliphatic rings. The Bertz CT molecular complexity index is 371. The SMILES string of the molecule is CCCCC(=O)c1ccnn1CCC(F)(F)F. The highest BCUT2D eigenvalue weighted by atomic mass is 19.4. The number of aromatic nitrogens is 2. The minimum absolute atomic E-state index is 0.147. The van der Waals surface area contributed by atoms with Crippen molar-refractivity contribution in [3.8, 4) is 0 Å². The van der Waals surface area contributed by atoms with Crippen LogP contribution in [0.4, 0.5) is 13.2 Å². The van der Waals surface area contributed by atoms with Gasteiger partial charge in [0.2, 0.25) is 0 Å². The van der Waals surface area contributed by atoms with E-state index in [1.807, 2.05) is 6.92 Å². The summed E-state index contributed by atoms with van der Waals surface area (Å²) in [7, 11) is 0. The van der Waals surface area contributed by atoms with E-state index in [0.717, 1.165) is 17.5 Å². The molecule has 1 aromatic rings. The number of unbranched alkanes of at least 4 members (excludes halogenated alkanes) is 1. The first-order valence-corrected chi connectivity index (χ1v) is 5.56. The van der Waals surface area contributed by atoms with Crippen LogP contribution >= 0.6 is 0 Å². The molecule has 0 radical (unpaired) electrons. The van der Waals surface area contributed by atoms with Crippen molar-refractivity contribution in [3.63, 3.8) is 0 Å². The number of carbonyl (C=O) groups excluding carboxylic acids is 1. The van der Waals surface area contributed by atoms with E-state index in [4.69, 9.17) is 0 Å². The Kier molecular flexibility index (Phi) is 4.72. The van der Waals surface area contributed by atoms with Gasteiger partial charge in [-0.1, -0.05) is 13.3 Å². The fourth-order valence-electron chi connectivity index (χ4n) is 1.45. The molecule has 0 atom stereocenters. The number of rotatable bonds is 6. The summed E-state index contributed by atoms with van der Waals surface area (Å²) in [6.45, 7) is 1.65. The van der Waals surface area contributed by atoms with E-state index in [1.54, 1.807) is 0 Å². The fraction of sp³-hybridized carbons (Fsp3) is 0.636. The monoisotopic (exact) mass is 248 g/mol. The van der Waals surface area contributed by atoms with E-state index in [0.29, 0.717) is 6.42 Å². The summed E-state index contributed by atoms with van der Waals surface area (Å²) in [5, 5.41) is 3.74. The number of aryl methyl sites for hydroxylation is 1. The minimum atomic E-state index is -4.23. The van der Waals surface area contributed by atoms with Crippen LogP contribution in [0.25, 0.3) is 0 Å². The molecule has 0 aliphatic carbocycles. The molecular weight excluding hydrogens is 233 g/mol. The standard InChI is InChI=1S/C11H15F3N2O/c1-2-3-4-10(17)9-5-7-15-16(9)8-6-11(12,13)14/h5,7H,2-4,6,8H2,1H3. The lowest BCUT2D eigenvalue weighted by atomic mass is 10.1. The molecule has 0 unspecified atom stereocenters. The van der Waals surface area contributed by atoms with Crippen LogP contribution in [0.1, 0.15) is 43.1 Å². The summed E-state index contributed by atoms with van der Waals surface area (Å²) in [6.07, 6.45) is -1.87. The average molecular weight is 248 g/mol. The van der Waals surface area contributed by atoms with Gasteiger partial charge in [0.1, 0.15) is 5.69 Å². The van der Waals surface area contributed by atoms with Crippen LogP contribution in [0, 0.1) is 0 Å². The quantitative estimate of drug-likeness (QED) is 0.724. The van der Waals surface area contributed by atoms with Gasteiger partial charge in [-0.05, 0) is 12.5 Å². The Balaban J connectivity index is 2.62. The van der Waals surface area contributed by atoms with Crippen LogP contribution in [-0.4, -0.2) is 21.7 Å². The third-order valence-electron chi connectivity index (χ3n) is 2.37. The first-order valence-electron chi connectivity index (χ1n) is 5.56. The predicted octanol–water partition coefficient (Wildman–Crippen LogP) is 3.21. The van der Waals surface area contributed by atoms with E-state index < -0.39 is 12.6 Å². The highest BCUT2D eigenvalue weighted by molar-refractivity contribution is 5.94. The second kappa shape index (κ2) is 5.84. The molecule has 0 N–H and O–H groups in total. The van der Waals surface area contributed by atoms with Crippen molar-refractivity contribution in [2.24, 2.45) is 0 Å². The molecule has 1 heterocycles. The summed E-state index contributed by atoms with van der Waals surface area (Å²) < 4.78 is 37.3. The Labute approximate surface area is 97.6 Å². The van der Waals surface area contributed by atoms with Crippen molar-refractivity contribution in [2.45, 2.75) is 45.3 Å². The van der Waals surface area contributed by atoms with Crippen molar-refractivity contribution >= 4 is 5.78 Å². The lowest BCUT2D eigenvalue weighted by molar-refractivity contribution is -0.137. The zero-order valence-electron chi connectivity index (χ0n) is 9.63. The predicted molar refractivity (Wildman–Crippen MR) is 56.8 cm³/mol. The molecule has 3 nitrogen and oxygen atoms in total. The van der Waals surface area contributed by atoms with Crippen molar-refractivity contribution in [1.29, 1.82) is 0 Å². The number of halogens is 3. The Hall–Kier alpha value is -1.33. The molecular formula is C11H15F3N2O. The summed E-state index contributed by atoms with van der Waals surface area (Å²) in [6, 6.07) is 1.47. The lowest BCUT2D eigenvalue weighted by Gasteiger charge is -2.08. The van der Waals surface area contributed by atoms with Gasteiger partial charge in [-0.2, -0.15) is 18.3 Å². The third-order valence-corrected chi connectivity index (χ3v) is 2.37. The van der Waals surface area contributed by atoms with E-state index >= 15 is 0 Å². The number of alkyl halides is 3. The molecule has 17 heavy (non-hydrogen) atoms. The molecule has 6 heteroatoms. The van der Waals surface area contributed by atoms with Gasteiger partial charge in [0.15, 0.2) is 5.78 Å². The molecule has 1 rings (SSSR count). The van der Waals surface area contributed by atoms with E-state index in [-0.39, 0.29) is 18.0 Å². The molecule has 0 amide bonds. The van der Waals surface area contributed by atoms with Gasteiger partial charge in [0, 0.05) is 12.6 Å². The zero-order chi connectivity index (χ0) is 12.9.